The highest BCUT2D eigenvalue weighted by atomic mass is 16.5. The van der Waals surface area contributed by atoms with Gasteiger partial charge in [0.05, 0.1) is 6.34 Å². The van der Waals surface area contributed by atoms with E-state index < -0.39 is 0 Å². The van der Waals surface area contributed by atoms with Gasteiger partial charge in [-0.05, 0) is 13.3 Å². The zero-order valence-corrected chi connectivity index (χ0v) is 9.18. The molecule has 0 aromatic heterocycles. The molecule has 0 aliphatic rings. The number of nitrogens with zero attached hydrogens (tertiary/aromatic N) is 3. The molecule has 0 aliphatic heterocycles. The van der Waals surface area contributed by atoms with Crippen LogP contribution >= 0.6 is 0 Å². The molecule has 0 spiro atoms. The monoisotopic (exact) mass is 197 g/mol. The maximum atomic E-state index is 4.99. The van der Waals surface area contributed by atoms with Crippen LogP contribution in [0.2, 0.25) is 0 Å². The first-order valence-electron chi connectivity index (χ1n) is 4.59. The average Bonchev–Trinajstić information content (AvgIpc) is 2.20. The van der Waals surface area contributed by atoms with E-state index in [1.54, 1.807) is 13.4 Å². The molecule has 0 radical (unpaired) electrons. The lowest BCUT2D eigenvalue weighted by atomic mass is 10.2. The van der Waals surface area contributed by atoms with Gasteiger partial charge in [0.1, 0.15) is 6.34 Å². The van der Waals surface area contributed by atoms with Crippen molar-refractivity contribution < 1.29 is 4.74 Å². The molecule has 80 valence electrons. The van der Waals surface area contributed by atoms with Crippen LogP contribution in [0.5, 0.6) is 0 Å². The van der Waals surface area contributed by atoms with E-state index in [-0.39, 0.29) is 0 Å². The van der Waals surface area contributed by atoms with Crippen molar-refractivity contribution >= 4 is 12.7 Å². The largest absolute Gasteiger partial charge is 0.385 e. The summed E-state index contributed by atoms with van der Waals surface area (Å²) < 4.78 is 4.99. The molecular weight excluding hydrogens is 178 g/mol. The van der Waals surface area contributed by atoms with Crippen molar-refractivity contribution in [3.05, 3.63) is 12.8 Å². The second-order valence-corrected chi connectivity index (χ2v) is 3.01. The maximum Gasteiger partial charge on any atom is 0.117 e. The predicted molar refractivity (Wildman–Crippen MR) is 60.9 cm³/mol. The minimum Gasteiger partial charge on any atom is -0.385 e. The Labute approximate surface area is 86.0 Å². The molecule has 0 aliphatic carbocycles. The summed E-state index contributed by atoms with van der Waals surface area (Å²) in [6, 6.07) is 0.413. The van der Waals surface area contributed by atoms with E-state index in [2.05, 4.69) is 23.5 Å². The van der Waals surface area contributed by atoms with Crippen LogP contribution < -0.4 is 0 Å². The van der Waals surface area contributed by atoms with Crippen LogP contribution in [0.4, 0.5) is 0 Å². The van der Waals surface area contributed by atoms with E-state index in [1.165, 1.54) is 12.5 Å². The Hall–Kier alpha value is -1.16. The molecule has 0 bridgehead atoms. The SMILES string of the molecule is C=CN=CN=CN(C)C(C)CCOC. The number of aliphatic imine (C=N–C) groups is 2. The molecule has 4 nitrogen and oxygen atoms in total. The van der Waals surface area contributed by atoms with E-state index in [4.69, 9.17) is 4.74 Å². The summed E-state index contributed by atoms with van der Waals surface area (Å²) in [5.74, 6) is 0. The van der Waals surface area contributed by atoms with E-state index in [0.29, 0.717) is 6.04 Å². The third kappa shape index (κ3) is 6.37. The minimum atomic E-state index is 0.413. The van der Waals surface area contributed by atoms with Crippen molar-refractivity contribution in [3.8, 4) is 0 Å². The molecule has 0 N–H and O–H groups in total. The van der Waals surface area contributed by atoms with Gasteiger partial charge in [-0.25, -0.2) is 9.98 Å². The van der Waals surface area contributed by atoms with E-state index in [0.717, 1.165) is 13.0 Å². The fourth-order valence-electron chi connectivity index (χ4n) is 0.826. The average molecular weight is 197 g/mol. The van der Waals surface area contributed by atoms with Gasteiger partial charge in [-0.1, -0.05) is 6.58 Å². The van der Waals surface area contributed by atoms with Gasteiger partial charge in [0.2, 0.25) is 0 Å². The van der Waals surface area contributed by atoms with Crippen molar-refractivity contribution in [3.63, 3.8) is 0 Å². The number of hydrogen-bond donors (Lipinski definition) is 0. The molecule has 0 heterocycles. The Morgan fingerprint density at radius 2 is 2.21 bits per heavy atom. The van der Waals surface area contributed by atoms with Crippen LogP contribution in [0, 0.1) is 0 Å². The first-order chi connectivity index (χ1) is 6.72. The van der Waals surface area contributed by atoms with Gasteiger partial charge in [0.15, 0.2) is 0 Å². The molecule has 0 saturated carbocycles. The summed E-state index contributed by atoms with van der Waals surface area (Å²) in [5, 5.41) is 0. The lowest BCUT2D eigenvalue weighted by Gasteiger charge is -2.21. The fraction of sp³-hybridized carbons (Fsp3) is 0.600. The molecule has 0 amide bonds. The Balaban J connectivity index is 3.80. The summed E-state index contributed by atoms with van der Waals surface area (Å²) in [6.45, 7) is 6.34. The first-order valence-corrected chi connectivity index (χ1v) is 4.59. The Kier molecular flexibility index (Phi) is 7.74. The Morgan fingerprint density at radius 3 is 2.79 bits per heavy atom. The van der Waals surface area contributed by atoms with Gasteiger partial charge in [-0.2, -0.15) is 0 Å². The molecule has 0 rings (SSSR count). The summed E-state index contributed by atoms with van der Waals surface area (Å²) in [7, 11) is 3.68. The highest BCUT2D eigenvalue weighted by Crippen LogP contribution is 1.98. The summed E-state index contributed by atoms with van der Waals surface area (Å²) >= 11 is 0. The number of ether oxygens (including phenoxy) is 1. The minimum absolute atomic E-state index is 0.413. The van der Waals surface area contributed by atoms with Crippen molar-refractivity contribution in [2.75, 3.05) is 20.8 Å². The predicted octanol–water partition coefficient (Wildman–Crippen LogP) is 1.54. The van der Waals surface area contributed by atoms with Gasteiger partial charge in [0, 0.05) is 33.0 Å². The van der Waals surface area contributed by atoms with Crippen LogP contribution in [0.25, 0.3) is 0 Å². The third-order valence-electron chi connectivity index (χ3n) is 1.92. The molecule has 4 heteroatoms. The molecule has 0 aromatic rings. The standard InChI is InChI=1S/C10H19N3O/c1-5-11-8-12-9-13(3)10(2)6-7-14-4/h5,8-10H,1,6-7H2,2-4H3. The summed E-state index contributed by atoms with van der Waals surface area (Å²) in [5.41, 5.74) is 0. The van der Waals surface area contributed by atoms with Gasteiger partial charge in [-0.15, -0.1) is 0 Å². The van der Waals surface area contributed by atoms with Gasteiger partial charge in [-0.3, -0.25) is 0 Å². The van der Waals surface area contributed by atoms with Gasteiger partial charge < -0.3 is 9.64 Å². The van der Waals surface area contributed by atoms with E-state index in [1.807, 2.05) is 11.9 Å². The van der Waals surface area contributed by atoms with Crippen molar-refractivity contribution in [1.82, 2.24) is 4.90 Å². The lowest BCUT2D eigenvalue weighted by Crippen LogP contribution is -2.28. The molecule has 0 fully saturated rings. The molecule has 0 aromatic carbocycles. The molecule has 0 saturated heterocycles. The quantitative estimate of drug-likeness (QED) is 0.458. The van der Waals surface area contributed by atoms with Crippen LogP contribution in [-0.2, 0) is 4.74 Å². The van der Waals surface area contributed by atoms with Crippen LogP contribution in [0.1, 0.15) is 13.3 Å². The fourth-order valence-corrected chi connectivity index (χ4v) is 0.826. The van der Waals surface area contributed by atoms with Crippen molar-refractivity contribution in [1.29, 1.82) is 0 Å². The van der Waals surface area contributed by atoms with Crippen LogP contribution in [0.15, 0.2) is 22.8 Å². The number of methoxy groups -OCH3 is 1. The smallest absolute Gasteiger partial charge is 0.117 e. The Bertz CT molecular complexity index is 202. The lowest BCUT2D eigenvalue weighted by molar-refractivity contribution is 0.174. The topological polar surface area (TPSA) is 37.2 Å². The van der Waals surface area contributed by atoms with Crippen LogP contribution in [0.3, 0.4) is 0 Å². The Morgan fingerprint density at radius 1 is 1.50 bits per heavy atom. The van der Waals surface area contributed by atoms with E-state index in [9.17, 15) is 0 Å². The number of hydrogen-bond acceptors (Lipinski definition) is 2. The van der Waals surface area contributed by atoms with Crippen LogP contribution in [-0.4, -0.2) is 44.4 Å². The highest BCUT2D eigenvalue weighted by Gasteiger charge is 2.03. The zero-order chi connectivity index (χ0) is 10.8. The normalized spacial score (nSPS) is 13.6. The van der Waals surface area contributed by atoms with Gasteiger partial charge >= 0.3 is 0 Å². The first kappa shape index (κ1) is 12.8. The summed E-state index contributed by atoms with van der Waals surface area (Å²) in [4.78, 5) is 9.76. The molecular formula is C10H19N3O. The summed E-state index contributed by atoms with van der Waals surface area (Å²) in [6.07, 6.45) is 5.64. The second-order valence-electron chi connectivity index (χ2n) is 3.01. The molecule has 14 heavy (non-hydrogen) atoms. The number of rotatable bonds is 7. The highest BCUT2D eigenvalue weighted by molar-refractivity contribution is 5.71. The maximum absolute atomic E-state index is 4.99. The zero-order valence-electron chi connectivity index (χ0n) is 9.18. The van der Waals surface area contributed by atoms with Gasteiger partial charge in [0.25, 0.3) is 0 Å². The third-order valence-corrected chi connectivity index (χ3v) is 1.92. The molecule has 1 atom stereocenters. The van der Waals surface area contributed by atoms with E-state index >= 15 is 0 Å². The van der Waals surface area contributed by atoms with Crippen molar-refractivity contribution in [2.45, 2.75) is 19.4 Å². The molecule has 1 unspecified atom stereocenters. The second kappa shape index (κ2) is 8.44. The van der Waals surface area contributed by atoms with Crippen molar-refractivity contribution in [2.24, 2.45) is 9.98 Å².